The summed E-state index contributed by atoms with van der Waals surface area (Å²) in [6.07, 6.45) is -0.531. The number of para-hydroxylation sites is 1. The van der Waals surface area contributed by atoms with E-state index in [1.165, 1.54) is 0 Å². The van der Waals surface area contributed by atoms with Gasteiger partial charge in [-0.3, -0.25) is 5.32 Å². The van der Waals surface area contributed by atoms with Gasteiger partial charge in [0.25, 0.3) is 0 Å². The van der Waals surface area contributed by atoms with Gasteiger partial charge in [-0.15, -0.1) is 23.2 Å². The molecular formula is C10H11Cl2NO2. The van der Waals surface area contributed by atoms with Crippen molar-refractivity contribution in [2.24, 2.45) is 0 Å². The molecule has 82 valence electrons. The summed E-state index contributed by atoms with van der Waals surface area (Å²) in [5, 5.41) is 2.20. The molecule has 1 rings (SSSR count). The summed E-state index contributed by atoms with van der Waals surface area (Å²) < 4.78 is 4.83. The lowest BCUT2D eigenvalue weighted by molar-refractivity contribution is 0.163. The van der Waals surface area contributed by atoms with Crippen molar-refractivity contribution in [3.63, 3.8) is 0 Å². The van der Waals surface area contributed by atoms with Gasteiger partial charge in [0.05, 0.1) is 5.38 Å². The van der Waals surface area contributed by atoms with Gasteiger partial charge in [-0.2, -0.15) is 0 Å². The predicted octanol–water partition coefficient (Wildman–Crippen LogP) is 3.08. The molecule has 3 nitrogen and oxygen atoms in total. The molecule has 1 unspecified atom stereocenters. The number of halogens is 2. The van der Waals surface area contributed by atoms with Gasteiger partial charge in [-0.05, 0) is 12.1 Å². The van der Waals surface area contributed by atoms with Crippen molar-refractivity contribution in [1.82, 2.24) is 0 Å². The van der Waals surface area contributed by atoms with E-state index >= 15 is 0 Å². The number of rotatable bonds is 4. The summed E-state index contributed by atoms with van der Waals surface area (Å²) in [6.45, 7) is 0.101. The van der Waals surface area contributed by atoms with Crippen LogP contribution in [-0.4, -0.2) is 24.0 Å². The zero-order valence-corrected chi connectivity index (χ0v) is 9.46. The number of anilines is 1. The van der Waals surface area contributed by atoms with E-state index in [0.717, 1.165) is 0 Å². The van der Waals surface area contributed by atoms with E-state index in [1.54, 1.807) is 12.1 Å². The van der Waals surface area contributed by atoms with Crippen LogP contribution < -0.4 is 5.32 Å². The maximum absolute atomic E-state index is 11.2. The smallest absolute Gasteiger partial charge is 0.411 e. The zero-order valence-electron chi connectivity index (χ0n) is 7.95. The number of alkyl halides is 2. The fourth-order valence-electron chi connectivity index (χ4n) is 0.886. The van der Waals surface area contributed by atoms with Crippen molar-refractivity contribution >= 4 is 35.0 Å². The highest BCUT2D eigenvalue weighted by Crippen LogP contribution is 2.06. The van der Waals surface area contributed by atoms with Crippen molar-refractivity contribution in [1.29, 1.82) is 0 Å². The second-order valence-electron chi connectivity index (χ2n) is 2.84. The summed E-state index contributed by atoms with van der Waals surface area (Å²) in [7, 11) is 0. The second kappa shape index (κ2) is 6.53. The molecule has 1 N–H and O–H groups in total. The first kappa shape index (κ1) is 12.1. The fourth-order valence-corrected chi connectivity index (χ4v) is 1.04. The highest BCUT2D eigenvalue weighted by Gasteiger charge is 2.07. The second-order valence-corrected chi connectivity index (χ2v) is 3.77. The number of amides is 1. The summed E-state index contributed by atoms with van der Waals surface area (Å²) in [4.78, 5) is 11.2. The molecule has 0 spiro atoms. The lowest BCUT2D eigenvalue weighted by Crippen LogP contribution is -2.19. The van der Waals surface area contributed by atoms with Gasteiger partial charge in [-0.1, -0.05) is 18.2 Å². The van der Waals surface area contributed by atoms with Gasteiger partial charge in [0, 0.05) is 11.6 Å². The highest BCUT2D eigenvalue weighted by molar-refractivity contribution is 6.28. The molecule has 0 bridgehead atoms. The molecule has 1 amide bonds. The molecule has 1 aromatic rings. The normalized spacial score (nSPS) is 11.9. The molecule has 0 heterocycles. The summed E-state index contributed by atoms with van der Waals surface area (Å²) in [5.41, 5.74) is 0.680. The van der Waals surface area contributed by atoms with Gasteiger partial charge < -0.3 is 4.74 Å². The molecule has 0 radical (unpaired) electrons. The van der Waals surface area contributed by atoms with Crippen LogP contribution >= 0.6 is 23.2 Å². The summed E-state index contributed by atoms with van der Waals surface area (Å²) >= 11 is 11.1. The lowest BCUT2D eigenvalue weighted by Gasteiger charge is -2.08. The van der Waals surface area contributed by atoms with E-state index in [4.69, 9.17) is 27.9 Å². The van der Waals surface area contributed by atoms with E-state index in [1.807, 2.05) is 18.2 Å². The van der Waals surface area contributed by atoms with Crippen LogP contribution in [0.3, 0.4) is 0 Å². The van der Waals surface area contributed by atoms with Gasteiger partial charge in [0.15, 0.2) is 0 Å². The number of carbonyl (C=O) groups is 1. The Morgan fingerprint density at radius 2 is 2.07 bits per heavy atom. The molecule has 0 saturated heterocycles. The van der Waals surface area contributed by atoms with E-state index in [9.17, 15) is 4.79 Å². The maximum atomic E-state index is 11.2. The fraction of sp³-hybridized carbons (Fsp3) is 0.300. The minimum Gasteiger partial charge on any atom is -0.448 e. The molecule has 0 aliphatic carbocycles. The maximum Gasteiger partial charge on any atom is 0.411 e. The van der Waals surface area contributed by atoms with E-state index in [2.05, 4.69) is 5.32 Å². The molecule has 0 fully saturated rings. The largest absolute Gasteiger partial charge is 0.448 e. The molecule has 1 aromatic carbocycles. The Morgan fingerprint density at radius 3 is 2.67 bits per heavy atom. The number of nitrogens with one attached hydrogen (secondary N) is 1. The lowest BCUT2D eigenvalue weighted by atomic mass is 10.3. The molecule has 5 heteroatoms. The van der Waals surface area contributed by atoms with Crippen LogP contribution in [0.2, 0.25) is 0 Å². The van der Waals surface area contributed by atoms with Crippen LogP contribution in [0.25, 0.3) is 0 Å². The van der Waals surface area contributed by atoms with Crippen LogP contribution in [0.1, 0.15) is 0 Å². The summed E-state index contributed by atoms with van der Waals surface area (Å²) in [5.74, 6) is 0.250. The number of hydrogen-bond acceptors (Lipinski definition) is 2. The molecule has 1 atom stereocenters. The average molecular weight is 248 g/mol. The zero-order chi connectivity index (χ0) is 11.1. The Hall–Kier alpha value is -0.930. The van der Waals surface area contributed by atoms with Crippen LogP contribution in [0, 0.1) is 0 Å². The third kappa shape index (κ3) is 4.91. The molecule has 0 aliphatic rings. The van der Waals surface area contributed by atoms with Crippen molar-refractivity contribution in [2.45, 2.75) is 5.38 Å². The number of benzene rings is 1. The third-order valence-electron chi connectivity index (χ3n) is 1.58. The van der Waals surface area contributed by atoms with E-state index in [0.29, 0.717) is 5.69 Å². The Morgan fingerprint density at radius 1 is 1.40 bits per heavy atom. The number of hydrogen-bond donors (Lipinski definition) is 1. The first-order chi connectivity index (χ1) is 7.22. The van der Waals surface area contributed by atoms with Crippen LogP contribution in [0.15, 0.2) is 30.3 Å². The standard InChI is InChI=1S/C10H11Cl2NO2/c11-6-8(12)7-15-10(14)13-9-4-2-1-3-5-9/h1-5,8H,6-7H2,(H,13,14). The average Bonchev–Trinajstić information content (AvgIpc) is 2.27. The minimum atomic E-state index is -0.531. The summed E-state index contributed by atoms with van der Waals surface area (Å²) in [6, 6.07) is 9.03. The Kier molecular flexibility index (Phi) is 5.29. The van der Waals surface area contributed by atoms with Crippen molar-refractivity contribution < 1.29 is 9.53 Å². The molecule has 15 heavy (non-hydrogen) atoms. The Bertz CT molecular complexity index is 306. The predicted molar refractivity (Wildman–Crippen MR) is 61.8 cm³/mol. The first-order valence-electron chi connectivity index (χ1n) is 4.41. The highest BCUT2D eigenvalue weighted by atomic mass is 35.5. The molecule has 0 saturated carbocycles. The topological polar surface area (TPSA) is 38.3 Å². The third-order valence-corrected chi connectivity index (χ3v) is 2.39. The van der Waals surface area contributed by atoms with Crippen LogP contribution in [0.4, 0.5) is 10.5 Å². The quantitative estimate of drug-likeness (QED) is 0.831. The van der Waals surface area contributed by atoms with Crippen molar-refractivity contribution in [3.05, 3.63) is 30.3 Å². The van der Waals surface area contributed by atoms with Gasteiger partial charge in [0.2, 0.25) is 0 Å². The number of ether oxygens (including phenoxy) is 1. The monoisotopic (exact) mass is 247 g/mol. The van der Waals surface area contributed by atoms with Crippen LogP contribution in [0.5, 0.6) is 0 Å². The first-order valence-corrected chi connectivity index (χ1v) is 5.38. The van der Waals surface area contributed by atoms with Crippen LogP contribution in [-0.2, 0) is 4.74 Å². The van der Waals surface area contributed by atoms with Crippen molar-refractivity contribution in [2.75, 3.05) is 17.8 Å². The number of carbonyl (C=O) groups excluding carboxylic acids is 1. The van der Waals surface area contributed by atoms with Gasteiger partial charge in [0.1, 0.15) is 6.61 Å². The van der Waals surface area contributed by atoms with E-state index in [-0.39, 0.29) is 17.9 Å². The van der Waals surface area contributed by atoms with E-state index < -0.39 is 6.09 Å². The Balaban J connectivity index is 2.31. The minimum absolute atomic E-state index is 0.101. The molecule has 0 aromatic heterocycles. The Labute approximate surface area is 98.3 Å². The van der Waals surface area contributed by atoms with Crippen molar-refractivity contribution in [3.8, 4) is 0 Å². The SMILES string of the molecule is O=C(Nc1ccccc1)OCC(Cl)CCl. The van der Waals surface area contributed by atoms with Gasteiger partial charge in [-0.25, -0.2) is 4.79 Å². The molecular weight excluding hydrogens is 237 g/mol. The molecule has 0 aliphatic heterocycles. The van der Waals surface area contributed by atoms with Gasteiger partial charge >= 0.3 is 6.09 Å².